The van der Waals surface area contributed by atoms with Gasteiger partial charge in [0.15, 0.2) is 6.54 Å². The molecule has 1 heterocycles. The second kappa shape index (κ2) is 8.98. The summed E-state index contributed by atoms with van der Waals surface area (Å²) in [5.41, 5.74) is 0. The third kappa shape index (κ3) is 5.41. The Bertz CT molecular complexity index is 667. The number of quaternary nitrogens is 1. The van der Waals surface area contributed by atoms with Gasteiger partial charge in [-0.05, 0) is 37.1 Å². The van der Waals surface area contributed by atoms with Crippen LogP contribution in [0.25, 0.3) is 0 Å². The molecule has 0 radical (unpaired) electrons. The van der Waals surface area contributed by atoms with Gasteiger partial charge >= 0.3 is 0 Å². The Hall–Kier alpha value is -1.15. The van der Waals surface area contributed by atoms with E-state index in [4.69, 9.17) is 11.6 Å². The van der Waals surface area contributed by atoms with Crippen molar-refractivity contribution in [2.45, 2.75) is 37.6 Å². The summed E-state index contributed by atoms with van der Waals surface area (Å²) < 4.78 is 26.8. The molecule has 0 aromatic heterocycles. The van der Waals surface area contributed by atoms with E-state index in [0.29, 0.717) is 37.7 Å². The number of amides is 1. The molecule has 0 unspecified atom stereocenters. The van der Waals surface area contributed by atoms with Crippen molar-refractivity contribution < 1.29 is 18.1 Å². The minimum Gasteiger partial charge on any atom is -0.349 e. The molecule has 0 spiro atoms. The summed E-state index contributed by atoms with van der Waals surface area (Å²) in [4.78, 5) is 13.5. The summed E-state index contributed by atoms with van der Waals surface area (Å²) in [5.74, 6) is 0.0395. The molecule has 0 aliphatic carbocycles. The molecule has 25 heavy (non-hydrogen) atoms. The van der Waals surface area contributed by atoms with Crippen LogP contribution < -0.4 is 10.2 Å². The van der Waals surface area contributed by atoms with Gasteiger partial charge in [-0.15, -0.1) is 0 Å². The monoisotopic (exact) mass is 388 g/mol. The predicted octanol–water partition coefficient (Wildman–Crippen LogP) is 0.534. The highest BCUT2D eigenvalue weighted by atomic mass is 35.5. The van der Waals surface area contributed by atoms with Crippen molar-refractivity contribution >= 4 is 27.5 Å². The number of benzene rings is 1. The second-order valence-corrected chi connectivity index (χ2v) is 8.74. The Kier molecular flexibility index (Phi) is 7.25. The second-order valence-electron chi connectivity index (χ2n) is 6.37. The van der Waals surface area contributed by atoms with Gasteiger partial charge < -0.3 is 10.2 Å². The maximum absolute atomic E-state index is 12.6. The Morgan fingerprint density at radius 3 is 2.28 bits per heavy atom. The van der Waals surface area contributed by atoms with Crippen LogP contribution in [-0.2, 0) is 14.8 Å². The first kappa shape index (κ1) is 20.2. The van der Waals surface area contributed by atoms with Gasteiger partial charge in [-0.2, -0.15) is 4.31 Å². The number of nitrogens with zero attached hydrogens (tertiary/aromatic N) is 1. The zero-order valence-electron chi connectivity index (χ0n) is 14.8. The summed E-state index contributed by atoms with van der Waals surface area (Å²) in [7, 11) is -3.50. The standard InChI is InChI=1S/C17H26ClN3O3S/c1-3-15(4-2)19-17(22)13-20-9-11-21(12-10-20)25(23,24)16-7-5-14(18)6-8-16/h5-8,15H,3-4,9-13H2,1-2H3,(H,19,22)/p+1. The molecule has 1 aliphatic rings. The van der Waals surface area contributed by atoms with Crippen molar-refractivity contribution in [3.05, 3.63) is 29.3 Å². The molecule has 0 bridgehead atoms. The van der Waals surface area contributed by atoms with Crippen LogP contribution in [0.2, 0.25) is 5.02 Å². The number of carbonyl (C=O) groups is 1. The summed E-state index contributed by atoms with van der Waals surface area (Å²) in [6.45, 7) is 6.60. The molecule has 0 atom stereocenters. The molecule has 2 rings (SSSR count). The molecule has 1 aromatic rings. The SMILES string of the molecule is CCC(CC)NC(=O)C[NH+]1CCN(S(=O)(=O)c2ccc(Cl)cc2)CC1. The minimum absolute atomic E-state index is 0.0395. The zero-order valence-corrected chi connectivity index (χ0v) is 16.4. The number of sulfonamides is 1. The highest BCUT2D eigenvalue weighted by Crippen LogP contribution is 2.18. The molecular weight excluding hydrogens is 362 g/mol. The van der Waals surface area contributed by atoms with E-state index in [9.17, 15) is 13.2 Å². The third-order valence-electron chi connectivity index (χ3n) is 4.64. The first-order chi connectivity index (χ1) is 11.9. The van der Waals surface area contributed by atoms with Crippen molar-refractivity contribution in [1.82, 2.24) is 9.62 Å². The quantitative estimate of drug-likeness (QED) is 0.716. The Labute approximate surface area is 155 Å². The molecule has 2 N–H and O–H groups in total. The van der Waals surface area contributed by atoms with Gasteiger partial charge in [0.1, 0.15) is 0 Å². The van der Waals surface area contributed by atoms with Crippen LogP contribution >= 0.6 is 11.6 Å². The number of halogens is 1. The lowest BCUT2D eigenvalue weighted by molar-refractivity contribution is -0.895. The smallest absolute Gasteiger partial charge is 0.275 e. The van der Waals surface area contributed by atoms with E-state index in [1.165, 1.54) is 16.4 Å². The molecule has 0 saturated carbocycles. The third-order valence-corrected chi connectivity index (χ3v) is 6.81. The molecule has 140 valence electrons. The van der Waals surface area contributed by atoms with Crippen LogP contribution in [0.1, 0.15) is 26.7 Å². The first-order valence-corrected chi connectivity index (χ1v) is 10.6. The first-order valence-electron chi connectivity index (χ1n) is 8.75. The van der Waals surface area contributed by atoms with Gasteiger partial charge in [-0.1, -0.05) is 25.4 Å². The van der Waals surface area contributed by atoms with E-state index in [0.717, 1.165) is 17.7 Å². The lowest BCUT2D eigenvalue weighted by Crippen LogP contribution is -3.15. The van der Waals surface area contributed by atoms with Gasteiger partial charge in [-0.3, -0.25) is 4.79 Å². The maximum Gasteiger partial charge on any atom is 0.275 e. The van der Waals surface area contributed by atoms with Gasteiger partial charge in [0, 0.05) is 11.1 Å². The van der Waals surface area contributed by atoms with Crippen molar-refractivity contribution in [2.75, 3.05) is 32.7 Å². The van der Waals surface area contributed by atoms with E-state index in [-0.39, 0.29) is 16.8 Å². The zero-order chi connectivity index (χ0) is 18.4. The fourth-order valence-electron chi connectivity index (χ4n) is 2.97. The number of carbonyl (C=O) groups excluding carboxylic acids is 1. The van der Waals surface area contributed by atoms with Gasteiger partial charge in [0.25, 0.3) is 5.91 Å². The van der Waals surface area contributed by atoms with Crippen molar-refractivity contribution in [1.29, 1.82) is 0 Å². The number of nitrogens with one attached hydrogen (secondary N) is 2. The lowest BCUT2D eigenvalue weighted by atomic mass is 10.2. The topological polar surface area (TPSA) is 70.9 Å². The highest BCUT2D eigenvalue weighted by molar-refractivity contribution is 7.89. The number of hydrogen-bond donors (Lipinski definition) is 2. The highest BCUT2D eigenvalue weighted by Gasteiger charge is 2.31. The molecule has 1 aliphatic heterocycles. The van der Waals surface area contributed by atoms with Gasteiger partial charge in [-0.25, -0.2) is 8.42 Å². The largest absolute Gasteiger partial charge is 0.349 e. The Balaban J connectivity index is 1.88. The summed E-state index contributed by atoms with van der Waals surface area (Å²) >= 11 is 5.82. The van der Waals surface area contributed by atoms with Crippen molar-refractivity contribution in [3.8, 4) is 0 Å². The van der Waals surface area contributed by atoms with Gasteiger partial charge in [0.05, 0.1) is 31.1 Å². The van der Waals surface area contributed by atoms with Crippen molar-refractivity contribution in [2.24, 2.45) is 0 Å². The normalized spacial score (nSPS) is 17.0. The average molecular weight is 389 g/mol. The maximum atomic E-state index is 12.6. The molecule has 6 nitrogen and oxygen atoms in total. The summed E-state index contributed by atoms with van der Waals surface area (Å²) in [6.07, 6.45) is 1.84. The Morgan fingerprint density at radius 2 is 1.76 bits per heavy atom. The summed E-state index contributed by atoms with van der Waals surface area (Å²) in [5, 5.41) is 3.54. The lowest BCUT2D eigenvalue weighted by Gasteiger charge is -2.31. The summed E-state index contributed by atoms with van der Waals surface area (Å²) in [6, 6.07) is 6.44. The van der Waals surface area contributed by atoms with E-state index >= 15 is 0 Å². The van der Waals surface area contributed by atoms with Crippen molar-refractivity contribution in [3.63, 3.8) is 0 Å². The molecule has 8 heteroatoms. The predicted molar refractivity (Wildman–Crippen MR) is 98.3 cm³/mol. The average Bonchev–Trinajstić information content (AvgIpc) is 2.60. The minimum atomic E-state index is -3.50. The van der Waals surface area contributed by atoms with E-state index < -0.39 is 10.0 Å². The van der Waals surface area contributed by atoms with Crippen LogP contribution in [0.4, 0.5) is 0 Å². The molecule has 1 amide bonds. The van der Waals surface area contributed by atoms with Crippen LogP contribution in [-0.4, -0.2) is 57.4 Å². The van der Waals surface area contributed by atoms with E-state index in [1.54, 1.807) is 12.1 Å². The molecular formula is C17H27ClN3O3S+. The van der Waals surface area contributed by atoms with E-state index in [2.05, 4.69) is 19.2 Å². The number of piperazine rings is 1. The number of hydrogen-bond acceptors (Lipinski definition) is 3. The molecule has 1 saturated heterocycles. The fraction of sp³-hybridized carbons (Fsp3) is 0.588. The van der Waals surface area contributed by atoms with Crippen LogP contribution in [0.5, 0.6) is 0 Å². The Morgan fingerprint density at radius 1 is 1.20 bits per heavy atom. The molecule has 1 aromatic carbocycles. The van der Waals surface area contributed by atoms with Crippen LogP contribution in [0, 0.1) is 0 Å². The van der Waals surface area contributed by atoms with Crippen LogP contribution in [0.3, 0.4) is 0 Å². The van der Waals surface area contributed by atoms with Gasteiger partial charge in [0.2, 0.25) is 10.0 Å². The van der Waals surface area contributed by atoms with E-state index in [1.807, 2.05) is 0 Å². The number of rotatable bonds is 7. The molecule has 1 fully saturated rings. The fourth-order valence-corrected chi connectivity index (χ4v) is 4.54. The van der Waals surface area contributed by atoms with Crippen LogP contribution in [0.15, 0.2) is 29.2 Å².